The van der Waals surface area contributed by atoms with Crippen LogP contribution in [0.3, 0.4) is 0 Å². The van der Waals surface area contributed by atoms with E-state index in [1.165, 1.54) is 19.2 Å². The van der Waals surface area contributed by atoms with Crippen molar-refractivity contribution in [2.45, 2.75) is 19.4 Å². The standard InChI is InChI=1S/C12H15BrFNO2/c1-3-6-15-11(12(16)17-2)9-7-8(14)4-5-10(9)13/h4-5,7,11,15H,3,6H2,1-2H3. The van der Waals surface area contributed by atoms with Crippen molar-refractivity contribution < 1.29 is 13.9 Å². The monoisotopic (exact) mass is 303 g/mol. The third kappa shape index (κ3) is 3.78. The molecule has 0 bridgehead atoms. The first-order valence-electron chi connectivity index (χ1n) is 5.36. The summed E-state index contributed by atoms with van der Waals surface area (Å²) in [5, 5.41) is 3.03. The average molecular weight is 304 g/mol. The van der Waals surface area contributed by atoms with Crippen LogP contribution in [0, 0.1) is 5.82 Å². The molecule has 1 rings (SSSR count). The number of hydrogen-bond acceptors (Lipinski definition) is 3. The molecule has 1 aromatic carbocycles. The van der Waals surface area contributed by atoms with Crippen molar-refractivity contribution in [2.75, 3.05) is 13.7 Å². The number of carbonyl (C=O) groups excluding carboxylic acids is 1. The van der Waals surface area contributed by atoms with E-state index in [2.05, 4.69) is 21.2 Å². The van der Waals surface area contributed by atoms with Crippen molar-refractivity contribution >= 4 is 21.9 Å². The molecule has 1 unspecified atom stereocenters. The zero-order valence-corrected chi connectivity index (χ0v) is 11.4. The smallest absolute Gasteiger partial charge is 0.327 e. The zero-order chi connectivity index (χ0) is 12.8. The molecular weight excluding hydrogens is 289 g/mol. The van der Waals surface area contributed by atoms with Gasteiger partial charge in [0, 0.05) is 4.47 Å². The number of hydrogen-bond donors (Lipinski definition) is 1. The highest BCUT2D eigenvalue weighted by molar-refractivity contribution is 9.10. The Morgan fingerprint density at radius 2 is 2.29 bits per heavy atom. The molecule has 1 N–H and O–H groups in total. The third-order valence-corrected chi connectivity index (χ3v) is 3.03. The lowest BCUT2D eigenvalue weighted by Gasteiger charge is -2.17. The highest BCUT2D eigenvalue weighted by atomic mass is 79.9. The van der Waals surface area contributed by atoms with Gasteiger partial charge in [-0.05, 0) is 36.7 Å². The summed E-state index contributed by atoms with van der Waals surface area (Å²) in [7, 11) is 1.32. The number of esters is 1. The average Bonchev–Trinajstić information content (AvgIpc) is 2.33. The molecule has 1 atom stereocenters. The predicted molar refractivity (Wildman–Crippen MR) is 67.2 cm³/mol. The Bertz CT molecular complexity index is 398. The zero-order valence-electron chi connectivity index (χ0n) is 9.80. The van der Waals surface area contributed by atoms with Crippen LogP contribution in [-0.2, 0) is 9.53 Å². The maximum absolute atomic E-state index is 13.2. The van der Waals surface area contributed by atoms with E-state index >= 15 is 0 Å². The topological polar surface area (TPSA) is 38.3 Å². The number of rotatable bonds is 5. The predicted octanol–water partition coefficient (Wildman–Crippen LogP) is 2.80. The second-order valence-electron chi connectivity index (χ2n) is 3.58. The lowest BCUT2D eigenvalue weighted by atomic mass is 10.1. The lowest BCUT2D eigenvalue weighted by Crippen LogP contribution is -2.30. The Kier molecular flexibility index (Phi) is 5.58. The van der Waals surface area contributed by atoms with Crippen LogP contribution >= 0.6 is 15.9 Å². The number of carbonyl (C=O) groups is 1. The second-order valence-corrected chi connectivity index (χ2v) is 4.43. The molecule has 1 aromatic rings. The van der Waals surface area contributed by atoms with Gasteiger partial charge in [0.1, 0.15) is 11.9 Å². The van der Waals surface area contributed by atoms with Crippen molar-refractivity contribution in [3.63, 3.8) is 0 Å². The highest BCUT2D eigenvalue weighted by Gasteiger charge is 2.23. The van der Waals surface area contributed by atoms with Gasteiger partial charge in [-0.15, -0.1) is 0 Å². The summed E-state index contributed by atoms with van der Waals surface area (Å²) in [6, 6.07) is 3.59. The molecule has 5 heteroatoms. The lowest BCUT2D eigenvalue weighted by molar-refractivity contribution is -0.143. The molecule has 0 aliphatic rings. The van der Waals surface area contributed by atoms with E-state index in [0.717, 1.165) is 6.42 Å². The van der Waals surface area contributed by atoms with Gasteiger partial charge in [-0.25, -0.2) is 9.18 Å². The van der Waals surface area contributed by atoms with Crippen LogP contribution in [0.4, 0.5) is 4.39 Å². The summed E-state index contributed by atoms with van der Waals surface area (Å²) in [5.41, 5.74) is 0.547. The second kappa shape index (κ2) is 6.71. The Balaban J connectivity index is 3.02. The van der Waals surface area contributed by atoms with Crippen LogP contribution in [0.2, 0.25) is 0 Å². The van der Waals surface area contributed by atoms with Crippen molar-refractivity contribution in [3.8, 4) is 0 Å². The van der Waals surface area contributed by atoms with E-state index in [-0.39, 0.29) is 5.82 Å². The van der Waals surface area contributed by atoms with Gasteiger partial charge in [0.25, 0.3) is 0 Å². The summed E-state index contributed by atoms with van der Waals surface area (Å²) in [6.07, 6.45) is 0.875. The normalized spacial score (nSPS) is 12.2. The van der Waals surface area contributed by atoms with Crippen LogP contribution in [-0.4, -0.2) is 19.6 Å². The molecule has 0 aliphatic carbocycles. The molecular formula is C12H15BrFNO2. The van der Waals surface area contributed by atoms with E-state index < -0.39 is 12.0 Å². The van der Waals surface area contributed by atoms with Crippen LogP contribution in [0.5, 0.6) is 0 Å². The van der Waals surface area contributed by atoms with Crippen molar-refractivity contribution in [1.82, 2.24) is 5.32 Å². The van der Waals surface area contributed by atoms with Gasteiger partial charge in [-0.2, -0.15) is 0 Å². The van der Waals surface area contributed by atoms with Gasteiger partial charge >= 0.3 is 5.97 Å². The number of methoxy groups -OCH3 is 1. The van der Waals surface area contributed by atoms with E-state index in [1.807, 2.05) is 6.92 Å². The molecule has 3 nitrogen and oxygen atoms in total. The van der Waals surface area contributed by atoms with Gasteiger partial charge in [0.15, 0.2) is 0 Å². The minimum absolute atomic E-state index is 0.379. The fourth-order valence-electron chi connectivity index (χ4n) is 1.46. The summed E-state index contributed by atoms with van der Waals surface area (Å²) >= 11 is 3.31. The third-order valence-electron chi connectivity index (χ3n) is 2.30. The van der Waals surface area contributed by atoms with Gasteiger partial charge in [0.05, 0.1) is 7.11 Å². The van der Waals surface area contributed by atoms with Gasteiger partial charge in [-0.3, -0.25) is 0 Å². The van der Waals surface area contributed by atoms with E-state index in [0.29, 0.717) is 16.6 Å². The summed E-state index contributed by atoms with van der Waals surface area (Å²) in [4.78, 5) is 11.7. The quantitative estimate of drug-likeness (QED) is 0.850. The summed E-state index contributed by atoms with van der Waals surface area (Å²) < 4.78 is 18.6. The first-order chi connectivity index (χ1) is 8.10. The number of nitrogens with one attached hydrogen (secondary N) is 1. The van der Waals surface area contributed by atoms with Crippen LogP contribution in [0.15, 0.2) is 22.7 Å². The Morgan fingerprint density at radius 1 is 1.59 bits per heavy atom. The van der Waals surface area contributed by atoms with E-state index in [1.54, 1.807) is 6.07 Å². The largest absolute Gasteiger partial charge is 0.468 e. The summed E-state index contributed by atoms with van der Waals surface area (Å²) in [5.74, 6) is -0.805. The fraction of sp³-hybridized carbons (Fsp3) is 0.417. The van der Waals surface area contributed by atoms with Crippen molar-refractivity contribution in [1.29, 1.82) is 0 Å². The van der Waals surface area contributed by atoms with E-state index in [4.69, 9.17) is 4.74 Å². The molecule has 0 aromatic heterocycles. The minimum atomic E-state index is -0.648. The molecule has 0 heterocycles. The van der Waals surface area contributed by atoms with Gasteiger partial charge < -0.3 is 10.1 Å². The molecule has 0 saturated heterocycles. The number of halogens is 2. The number of benzene rings is 1. The van der Waals surface area contributed by atoms with Crippen LogP contribution in [0.25, 0.3) is 0 Å². The first kappa shape index (κ1) is 14.1. The molecule has 17 heavy (non-hydrogen) atoms. The summed E-state index contributed by atoms with van der Waals surface area (Å²) in [6.45, 7) is 2.64. The van der Waals surface area contributed by atoms with Crippen molar-refractivity contribution in [2.24, 2.45) is 0 Å². The molecule has 0 amide bonds. The maximum Gasteiger partial charge on any atom is 0.327 e. The van der Waals surface area contributed by atoms with Gasteiger partial charge in [-0.1, -0.05) is 22.9 Å². The van der Waals surface area contributed by atoms with Crippen LogP contribution in [0.1, 0.15) is 24.9 Å². The minimum Gasteiger partial charge on any atom is -0.468 e. The maximum atomic E-state index is 13.2. The molecule has 94 valence electrons. The Morgan fingerprint density at radius 3 is 2.88 bits per heavy atom. The van der Waals surface area contributed by atoms with Gasteiger partial charge in [0.2, 0.25) is 0 Å². The molecule has 0 aliphatic heterocycles. The van der Waals surface area contributed by atoms with Crippen LogP contribution < -0.4 is 5.32 Å². The first-order valence-corrected chi connectivity index (χ1v) is 6.15. The van der Waals surface area contributed by atoms with E-state index in [9.17, 15) is 9.18 Å². The van der Waals surface area contributed by atoms with Crippen molar-refractivity contribution in [3.05, 3.63) is 34.1 Å². The Hall–Kier alpha value is -0.940. The molecule has 0 radical (unpaired) electrons. The number of ether oxygens (including phenoxy) is 1. The molecule has 0 saturated carbocycles. The Labute approximate surface area is 108 Å². The SMILES string of the molecule is CCCNC(C(=O)OC)c1cc(F)ccc1Br. The molecule has 0 fully saturated rings. The fourth-order valence-corrected chi connectivity index (χ4v) is 1.94. The molecule has 0 spiro atoms. The highest BCUT2D eigenvalue weighted by Crippen LogP contribution is 2.25.